The maximum atomic E-state index is 13.3. The Morgan fingerprint density at radius 3 is 2.82 bits per heavy atom. The third kappa shape index (κ3) is 2.85. The van der Waals surface area contributed by atoms with Crippen LogP contribution in [0.25, 0.3) is 0 Å². The number of hydrazine groups is 1. The van der Waals surface area contributed by atoms with E-state index in [1.54, 1.807) is 18.4 Å². The second kappa shape index (κ2) is 5.31. The van der Waals surface area contributed by atoms with E-state index in [0.29, 0.717) is 6.42 Å². The van der Waals surface area contributed by atoms with Crippen LogP contribution in [0.1, 0.15) is 17.4 Å². The Hall–Kier alpha value is -1.36. The van der Waals surface area contributed by atoms with Gasteiger partial charge in [-0.3, -0.25) is 11.3 Å². The summed E-state index contributed by atoms with van der Waals surface area (Å²) in [6.45, 7) is 0. The summed E-state index contributed by atoms with van der Waals surface area (Å²) in [5.41, 5.74) is 3.36. The Morgan fingerprint density at radius 1 is 1.41 bits per heavy atom. The van der Waals surface area contributed by atoms with Crippen LogP contribution in [0.3, 0.4) is 0 Å². The highest BCUT2D eigenvalue weighted by molar-refractivity contribution is 6.30. The van der Waals surface area contributed by atoms with Gasteiger partial charge in [-0.25, -0.2) is 4.39 Å². The van der Waals surface area contributed by atoms with Crippen LogP contribution in [0.4, 0.5) is 4.39 Å². The number of nitrogens with two attached hydrogens (primary N) is 1. The van der Waals surface area contributed by atoms with Gasteiger partial charge in [0.15, 0.2) is 0 Å². The Labute approximate surface area is 103 Å². The van der Waals surface area contributed by atoms with E-state index >= 15 is 0 Å². The first-order valence-corrected chi connectivity index (χ1v) is 5.52. The Balaban J connectivity index is 2.20. The molecule has 0 saturated heterocycles. The van der Waals surface area contributed by atoms with Gasteiger partial charge in [-0.15, -0.1) is 0 Å². The van der Waals surface area contributed by atoms with Crippen LogP contribution in [0.5, 0.6) is 0 Å². The molecule has 0 spiro atoms. The maximum absolute atomic E-state index is 13.3. The van der Waals surface area contributed by atoms with Crippen molar-refractivity contribution in [1.82, 2.24) is 5.43 Å². The molecule has 1 heterocycles. The molecular formula is C12H12ClFN2O. The van der Waals surface area contributed by atoms with Gasteiger partial charge in [0.25, 0.3) is 0 Å². The van der Waals surface area contributed by atoms with Crippen LogP contribution in [-0.4, -0.2) is 0 Å². The maximum Gasteiger partial charge on any atom is 0.142 e. The predicted molar refractivity (Wildman–Crippen MR) is 63.9 cm³/mol. The van der Waals surface area contributed by atoms with E-state index in [4.69, 9.17) is 21.9 Å². The van der Waals surface area contributed by atoms with E-state index in [2.05, 4.69) is 5.43 Å². The molecule has 1 aromatic heterocycles. The molecular weight excluding hydrogens is 243 g/mol. The van der Waals surface area contributed by atoms with Gasteiger partial charge >= 0.3 is 0 Å². The highest BCUT2D eigenvalue weighted by atomic mass is 35.5. The van der Waals surface area contributed by atoms with Crippen molar-refractivity contribution in [1.29, 1.82) is 0 Å². The van der Waals surface area contributed by atoms with Crippen molar-refractivity contribution in [3.63, 3.8) is 0 Å². The van der Waals surface area contributed by atoms with E-state index in [1.807, 2.05) is 6.07 Å². The van der Waals surface area contributed by atoms with Crippen LogP contribution in [0.15, 0.2) is 41.0 Å². The SMILES string of the molecule is NNC(Cc1ccco1)c1ccc(Cl)c(F)c1. The largest absolute Gasteiger partial charge is 0.469 e. The smallest absolute Gasteiger partial charge is 0.142 e. The number of hydrogen-bond acceptors (Lipinski definition) is 3. The number of rotatable bonds is 4. The first-order valence-electron chi connectivity index (χ1n) is 5.14. The summed E-state index contributed by atoms with van der Waals surface area (Å²) in [7, 11) is 0. The molecule has 0 aliphatic carbocycles. The van der Waals surface area contributed by atoms with Gasteiger partial charge in [-0.1, -0.05) is 17.7 Å². The van der Waals surface area contributed by atoms with Crippen LogP contribution in [0, 0.1) is 5.82 Å². The lowest BCUT2D eigenvalue weighted by Gasteiger charge is -2.15. The van der Waals surface area contributed by atoms with Crippen molar-refractivity contribution in [2.24, 2.45) is 5.84 Å². The van der Waals surface area contributed by atoms with Gasteiger partial charge in [-0.2, -0.15) is 0 Å². The summed E-state index contributed by atoms with van der Waals surface area (Å²) in [5, 5.41) is 0.0996. The Morgan fingerprint density at radius 2 is 2.24 bits per heavy atom. The molecule has 0 amide bonds. The molecule has 0 bridgehead atoms. The lowest BCUT2D eigenvalue weighted by atomic mass is 10.0. The predicted octanol–water partition coefficient (Wildman–Crippen LogP) is 2.82. The molecule has 1 atom stereocenters. The average Bonchev–Trinajstić information content (AvgIpc) is 2.82. The Kier molecular flexibility index (Phi) is 3.78. The minimum Gasteiger partial charge on any atom is -0.469 e. The van der Waals surface area contributed by atoms with Crippen molar-refractivity contribution in [3.05, 3.63) is 58.8 Å². The Bertz CT molecular complexity index is 487. The molecule has 3 nitrogen and oxygen atoms in total. The number of nitrogens with one attached hydrogen (secondary N) is 1. The minimum absolute atomic E-state index is 0.0996. The first-order chi connectivity index (χ1) is 8.20. The molecule has 0 saturated carbocycles. The molecule has 17 heavy (non-hydrogen) atoms. The van der Waals surface area contributed by atoms with Crippen LogP contribution in [-0.2, 0) is 6.42 Å². The molecule has 0 fully saturated rings. The number of furan rings is 1. The molecule has 2 aromatic rings. The fraction of sp³-hybridized carbons (Fsp3) is 0.167. The topological polar surface area (TPSA) is 51.2 Å². The zero-order chi connectivity index (χ0) is 12.3. The second-order valence-electron chi connectivity index (χ2n) is 3.68. The molecule has 2 rings (SSSR count). The summed E-state index contributed by atoms with van der Waals surface area (Å²) in [5.74, 6) is 5.79. The monoisotopic (exact) mass is 254 g/mol. The van der Waals surface area contributed by atoms with Gasteiger partial charge in [-0.05, 0) is 29.8 Å². The van der Waals surface area contributed by atoms with E-state index in [1.165, 1.54) is 12.1 Å². The van der Waals surface area contributed by atoms with Gasteiger partial charge < -0.3 is 4.42 Å². The van der Waals surface area contributed by atoms with E-state index < -0.39 is 5.82 Å². The highest BCUT2D eigenvalue weighted by Gasteiger charge is 2.13. The van der Waals surface area contributed by atoms with Gasteiger partial charge in [0, 0.05) is 6.42 Å². The highest BCUT2D eigenvalue weighted by Crippen LogP contribution is 2.22. The zero-order valence-corrected chi connectivity index (χ0v) is 9.75. The first kappa shape index (κ1) is 12.1. The van der Waals surface area contributed by atoms with Crippen LogP contribution < -0.4 is 11.3 Å². The summed E-state index contributed by atoms with van der Waals surface area (Å²) in [4.78, 5) is 0. The third-order valence-electron chi connectivity index (χ3n) is 2.53. The summed E-state index contributed by atoms with van der Waals surface area (Å²) < 4.78 is 18.6. The molecule has 90 valence electrons. The van der Waals surface area contributed by atoms with Crippen LogP contribution >= 0.6 is 11.6 Å². The quantitative estimate of drug-likeness (QED) is 0.652. The van der Waals surface area contributed by atoms with E-state index in [-0.39, 0.29) is 11.1 Å². The van der Waals surface area contributed by atoms with Crippen molar-refractivity contribution in [2.45, 2.75) is 12.5 Å². The summed E-state index contributed by atoms with van der Waals surface area (Å²) in [6, 6.07) is 8.04. The number of halogens is 2. The summed E-state index contributed by atoms with van der Waals surface area (Å²) >= 11 is 5.63. The van der Waals surface area contributed by atoms with Gasteiger partial charge in [0.05, 0.1) is 17.3 Å². The molecule has 1 aromatic carbocycles. The van der Waals surface area contributed by atoms with E-state index in [9.17, 15) is 4.39 Å². The molecule has 0 radical (unpaired) electrons. The summed E-state index contributed by atoms with van der Waals surface area (Å²) in [6.07, 6.45) is 2.13. The standard InChI is InChI=1S/C12H12ClFN2O/c13-10-4-3-8(6-11(10)14)12(16-15)7-9-2-1-5-17-9/h1-6,12,16H,7,15H2. The lowest BCUT2D eigenvalue weighted by Crippen LogP contribution is -2.29. The lowest BCUT2D eigenvalue weighted by molar-refractivity contribution is 0.453. The third-order valence-corrected chi connectivity index (χ3v) is 2.84. The molecule has 5 heteroatoms. The van der Waals surface area contributed by atoms with Crippen molar-refractivity contribution < 1.29 is 8.81 Å². The van der Waals surface area contributed by atoms with Crippen LogP contribution in [0.2, 0.25) is 5.02 Å². The normalized spacial score (nSPS) is 12.6. The van der Waals surface area contributed by atoms with Crippen molar-refractivity contribution in [3.8, 4) is 0 Å². The van der Waals surface area contributed by atoms with E-state index in [0.717, 1.165) is 11.3 Å². The minimum atomic E-state index is -0.455. The fourth-order valence-corrected chi connectivity index (χ4v) is 1.75. The molecule has 3 N–H and O–H groups in total. The number of hydrogen-bond donors (Lipinski definition) is 2. The zero-order valence-electron chi connectivity index (χ0n) is 8.99. The number of benzene rings is 1. The molecule has 0 aliphatic heterocycles. The van der Waals surface area contributed by atoms with Crippen molar-refractivity contribution >= 4 is 11.6 Å². The fourth-order valence-electron chi connectivity index (χ4n) is 1.63. The van der Waals surface area contributed by atoms with Gasteiger partial charge in [0.2, 0.25) is 0 Å². The molecule has 0 aliphatic rings. The second-order valence-corrected chi connectivity index (χ2v) is 4.08. The van der Waals surface area contributed by atoms with Gasteiger partial charge in [0.1, 0.15) is 11.6 Å². The average molecular weight is 255 g/mol. The molecule has 1 unspecified atom stereocenters. The van der Waals surface area contributed by atoms with Crippen molar-refractivity contribution in [2.75, 3.05) is 0 Å².